The SMILES string of the molecule is NCC1(C(=O)NCC2(CC(=O)O)CCC2)CCCCC1. The predicted octanol–water partition coefficient (Wildman–Crippen LogP) is 1.66. The molecule has 2 aliphatic rings. The van der Waals surface area contributed by atoms with Crippen molar-refractivity contribution in [1.82, 2.24) is 5.32 Å². The van der Waals surface area contributed by atoms with Gasteiger partial charge in [-0.2, -0.15) is 0 Å². The van der Waals surface area contributed by atoms with Crippen molar-refractivity contribution in [2.24, 2.45) is 16.6 Å². The van der Waals surface area contributed by atoms with Gasteiger partial charge in [-0.1, -0.05) is 25.7 Å². The molecule has 0 aromatic rings. The van der Waals surface area contributed by atoms with Gasteiger partial charge in [0, 0.05) is 13.1 Å². The molecule has 5 heteroatoms. The second kappa shape index (κ2) is 6.12. The lowest BCUT2D eigenvalue weighted by atomic mass is 9.66. The maximum Gasteiger partial charge on any atom is 0.303 e. The first-order valence-electron chi connectivity index (χ1n) is 7.72. The Labute approximate surface area is 120 Å². The van der Waals surface area contributed by atoms with Crippen LogP contribution in [0, 0.1) is 10.8 Å². The van der Waals surface area contributed by atoms with Gasteiger partial charge >= 0.3 is 5.97 Å². The second-order valence-corrected chi connectivity index (χ2v) is 6.65. The van der Waals surface area contributed by atoms with E-state index in [4.69, 9.17) is 10.8 Å². The Bertz CT molecular complexity index is 371. The number of nitrogens with two attached hydrogens (primary N) is 1. The number of carboxylic acids is 1. The van der Waals surface area contributed by atoms with Crippen LogP contribution in [0.15, 0.2) is 0 Å². The highest BCUT2D eigenvalue weighted by molar-refractivity contribution is 5.83. The van der Waals surface area contributed by atoms with E-state index in [2.05, 4.69) is 5.32 Å². The third kappa shape index (κ3) is 3.14. The van der Waals surface area contributed by atoms with E-state index in [1.165, 1.54) is 6.42 Å². The molecule has 0 radical (unpaired) electrons. The average Bonchev–Trinajstić information content (AvgIpc) is 2.41. The predicted molar refractivity (Wildman–Crippen MR) is 76.1 cm³/mol. The summed E-state index contributed by atoms with van der Waals surface area (Å²) < 4.78 is 0. The number of carboxylic acid groups (broad SMARTS) is 1. The number of aliphatic carboxylic acids is 1. The van der Waals surface area contributed by atoms with Crippen LogP contribution < -0.4 is 11.1 Å². The van der Waals surface area contributed by atoms with E-state index in [1.54, 1.807) is 0 Å². The summed E-state index contributed by atoms with van der Waals surface area (Å²) in [4.78, 5) is 23.4. The van der Waals surface area contributed by atoms with Gasteiger partial charge in [0.05, 0.1) is 11.8 Å². The molecule has 114 valence electrons. The normalized spacial score (nSPS) is 23.6. The van der Waals surface area contributed by atoms with Gasteiger partial charge in [0.2, 0.25) is 5.91 Å². The Balaban J connectivity index is 1.91. The number of hydrogen-bond acceptors (Lipinski definition) is 3. The van der Waals surface area contributed by atoms with Crippen molar-refractivity contribution in [3.63, 3.8) is 0 Å². The minimum atomic E-state index is -0.773. The van der Waals surface area contributed by atoms with Crippen molar-refractivity contribution >= 4 is 11.9 Å². The molecule has 0 unspecified atom stereocenters. The number of carbonyl (C=O) groups excluding carboxylic acids is 1. The van der Waals surface area contributed by atoms with E-state index in [0.29, 0.717) is 13.1 Å². The number of nitrogens with one attached hydrogen (secondary N) is 1. The summed E-state index contributed by atoms with van der Waals surface area (Å²) in [6.45, 7) is 0.880. The molecule has 2 saturated carbocycles. The van der Waals surface area contributed by atoms with E-state index < -0.39 is 11.4 Å². The van der Waals surface area contributed by atoms with E-state index in [-0.39, 0.29) is 17.7 Å². The number of amides is 1. The first-order chi connectivity index (χ1) is 9.52. The summed E-state index contributed by atoms with van der Waals surface area (Å²) in [6, 6.07) is 0. The van der Waals surface area contributed by atoms with Gasteiger partial charge in [0.25, 0.3) is 0 Å². The highest BCUT2D eigenvalue weighted by atomic mass is 16.4. The van der Waals surface area contributed by atoms with Crippen LogP contribution in [0.25, 0.3) is 0 Å². The molecule has 1 amide bonds. The molecular formula is C15H26N2O3. The van der Waals surface area contributed by atoms with Crippen molar-refractivity contribution in [1.29, 1.82) is 0 Å². The summed E-state index contributed by atoms with van der Waals surface area (Å²) in [5, 5.41) is 12.0. The van der Waals surface area contributed by atoms with Crippen molar-refractivity contribution in [2.75, 3.05) is 13.1 Å². The minimum Gasteiger partial charge on any atom is -0.481 e. The van der Waals surface area contributed by atoms with E-state index in [1.807, 2.05) is 0 Å². The smallest absolute Gasteiger partial charge is 0.303 e. The summed E-state index contributed by atoms with van der Waals surface area (Å²) in [7, 11) is 0. The highest BCUT2D eigenvalue weighted by Gasteiger charge is 2.42. The van der Waals surface area contributed by atoms with Crippen molar-refractivity contribution < 1.29 is 14.7 Å². The maximum atomic E-state index is 12.5. The summed E-state index contributed by atoms with van der Waals surface area (Å²) in [6.07, 6.45) is 8.04. The Hall–Kier alpha value is -1.10. The Kier molecular flexibility index (Phi) is 4.68. The molecule has 2 fully saturated rings. The molecule has 2 aliphatic carbocycles. The summed E-state index contributed by atoms with van der Waals surface area (Å²) >= 11 is 0. The highest BCUT2D eigenvalue weighted by Crippen LogP contribution is 2.44. The zero-order valence-electron chi connectivity index (χ0n) is 12.1. The molecule has 0 aliphatic heterocycles. The quantitative estimate of drug-likeness (QED) is 0.690. The van der Waals surface area contributed by atoms with Crippen LogP contribution in [0.1, 0.15) is 57.8 Å². The molecule has 0 aromatic heterocycles. The Morgan fingerprint density at radius 2 is 1.70 bits per heavy atom. The molecule has 0 atom stereocenters. The Morgan fingerprint density at radius 1 is 1.05 bits per heavy atom. The molecule has 2 rings (SSSR count). The van der Waals surface area contributed by atoms with E-state index >= 15 is 0 Å². The minimum absolute atomic E-state index is 0.0383. The first-order valence-corrected chi connectivity index (χ1v) is 7.72. The summed E-state index contributed by atoms with van der Waals surface area (Å²) in [5.74, 6) is -0.735. The second-order valence-electron chi connectivity index (χ2n) is 6.65. The molecule has 0 bridgehead atoms. The molecule has 4 N–H and O–H groups in total. The zero-order chi connectivity index (χ0) is 14.6. The third-order valence-corrected chi connectivity index (χ3v) is 5.25. The van der Waals surface area contributed by atoms with Crippen LogP contribution >= 0.6 is 0 Å². The van der Waals surface area contributed by atoms with Crippen molar-refractivity contribution in [2.45, 2.75) is 57.8 Å². The molecular weight excluding hydrogens is 256 g/mol. The van der Waals surface area contributed by atoms with Gasteiger partial charge in [0.15, 0.2) is 0 Å². The number of rotatable bonds is 6. The van der Waals surface area contributed by atoms with Crippen LogP contribution in [-0.2, 0) is 9.59 Å². The van der Waals surface area contributed by atoms with Gasteiger partial charge in [0.1, 0.15) is 0 Å². The first kappa shape index (κ1) is 15.3. The fraction of sp³-hybridized carbons (Fsp3) is 0.867. The molecule has 0 aromatic carbocycles. The standard InChI is InChI=1S/C15H26N2O3/c16-10-15(7-2-1-3-8-15)13(20)17-11-14(5-4-6-14)9-12(18)19/h1-11,16H2,(H,17,20)(H,18,19). The topological polar surface area (TPSA) is 92.4 Å². The molecule has 0 heterocycles. The Morgan fingerprint density at radius 3 is 2.15 bits per heavy atom. The lowest BCUT2D eigenvalue weighted by molar-refractivity contribution is -0.142. The van der Waals surface area contributed by atoms with Gasteiger partial charge in [-0.15, -0.1) is 0 Å². The molecule has 0 spiro atoms. The lowest BCUT2D eigenvalue weighted by Crippen LogP contribution is -2.51. The van der Waals surface area contributed by atoms with Crippen LogP contribution in [0.5, 0.6) is 0 Å². The van der Waals surface area contributed by atoms with Crippen molar-refractivity contribution in [3.8, 4) is 0 Å². The van der Waals surface area contributed by atoms with Crippen LogP contribution in [0.4, 0.5) is 0 Å². The monoisotopic (exact) mass is 282 g/mol. The zero-order valence-corrected chi connectivity index (χ0v) is 12.1. The fourth-order valence-corrected chi connectivity index (χ4v) is 3.62. The average molecular weight is 282 g/mol. The molecule has 0 saturated heterocycles. The van der Waals surface area contributed by atoms with Gasteiger partial charge in [-0.25, -0.2) is 0 Å². The number of hydrogen-bond donors (Lipinski definition) is 3. The van der Waals surface area contributed by atoms with E-state index in [9.17, 15) is 9.59 Å². The van der Waals surface area contributed by atoms with Crippen molar-refractivity contribution in [3.05, 3.63) is 0 Å². The van der Waals surface area contributed by atoms with Crippen LogP contribution in [0.3, 0.4) is 0 Å². The third-order valence-electron chi connectivity index (χ3n) is 5.25. The van der Waals surface area contributed by atoms with Crippen LogP contribution in [0.2, 0.25) is 0 Å². The molecule has 5 nitrogen and oxygen atoms in total. The lowest BCUT2D eigenvalue weighted by Gasteiger charge is -2.42. The van der Waals surface area contributed by atoms with Crippen LogP contribution in [-0.4, -0.2) is 30.1 Å². The van der Waals surface area contributed by atoms with E-state index in [0.717, 1.165) is 44.9 Å². The van der Waals surface area contributed by atoms with Gasteiger partial charge < -0.3 is 16.2 Å². The largest absolute Gasteiger partial charge is 0.481 e. The molecule has 20 heavy (non-hydrogen) atoms. The van der Waals surface area contributed by atoms with Gasteiger partial charge in [-0.05, 0) is 31.1 Å². The fourth-order valence-electron chi connectivity index (χ4n) is 3.62. The van der Waals surface area contributed by atoms with Gasteiger partial charge in [-0.3, -0.25) is 9.59 Å². The maximum absolute atomic E-state index is 12.5. The summed E-state index contributed by atoms with van der Waals surface area (Å²) in [5.41, 5.74) is 5.22. The number of carbonyl (C=O) groups is 2.